The van der Waals surface area contributed by atoms with Gasteiger partial charge in [-0.1, -0.05) is 18.5 Å². The molecule has 0 bridgehead atoms. The summed E-state index contributed by atoms with van der Waals surface area (Å²) in [6, 6.07) is 4.88. The van der Waals surface area contributed by atoms with Gasteiger partial charge in [-0.05, 0) is 48.9 Å². The second-order valence-corrected chi connectivity index (χ2v) is 8.05. The fourth-order valence-corrected chi connectivity index (χ4v) is 4.69. The monoisotopic (exact) mass is 388 g/mol. The van der Waals surface area contributed by atoms with Crippen LogP contribution in [0.1, 0.15) is 40.0 Å². The van der Waals surface area contributed by atoms with Gasteiger partial charge in [0.25, 0.3) is 5.56 Å². The number of rotatable bonds is 3. The van der Waals surface area contributed by atoms with Gasteiger partial charge in [0, 0.05) is 15.3 Å². The molecule has 1 aromatic carbocycles. The molecule has 3 aromatic rings. The van der Waals surface area contributed by atoms with E-state index in [1.54, 1.807) is 29.5 Å². The average molecular weight is 389 g/mol. The molecule has 2 heterocycles. The van der Waals surface area contributed by atoms with Crippen molar-refractivity contribution in [3.63, 3.8) is 0 Å². The van der Waals surface area contributed by atoms with E-state index in [4.69, 9.17) is 16.3 Å². The highest BCUT2D eigenvalue weighted by atomic mass is 35.5. The van der Waals surface area contributed by atoms with Crippen LogP contribution in [0.3, 0.4) is 0 Å². The van der Waals surface area contributed by atoms with Crippen molar-refractivity contribution < 1.29 is 9.53 Å². The minimum absolute atomic E-state index is 0.0858. The first-order valence-electron chi connectivity index (χ1n) is 8.46. The summed E-state index contributed by atoms with van der Waals surface area (Å²) in [5, 5.41) is 2.82. The summed E-state index contributed by atoms with van der Waals surface area (Å²) in [6.45, 7) is 2.15. The summed E-state index contributed by atoms with van der Waals surface area (Å²) >= 11 is 7.58. The van der Waals surface area contributed by atoms with E-state index in [9.17, 15) is 9.59 Å². The smallest absolute Gasteiger partial charge is 0.339 e. The highest BCUT2D eigenvalue weighted by Gasteiger charge is 2.24. The Morgan fingerprint density at radius 3 is 3.15 bits per heavy atom. The Morgan fingerprint density at radius 2 is 2.31 bits per heavy atom. The molecule has 0 aliphatic heterocycles. The molecule has 0 spiro atoms. The summed E-state index contributed by atoms with van der Waals surface area (Å²) in [5.41, 5.74) is 1.96. The summed E-state index contributed by atoms with van der Waals surface area (Å²) in [5.74, 6) is 0.588. The van der Waals surface area contributed by atoms with E-state index >= 15 is 0 Å². The van der Waals surface area contributed by atoms with Crippen LogP contribution in [0.15, 0.2) is 28.4 Å². The van der Waals surface area contributed by atoms with Gasteiger partial charge in [-0.25, -0.2) is 9.78 Å². The van der Waals surface area contributed by atoms with Crippen molar-refractivity contribution in [2.45, 2.75) is 32.8 Å². The molecule has 2 aromatic heterocycles. The molecule has 5 nitrogen and oxygen atoms in total. The Labute approximate surface area is 159 Å². The summed E-state index contributed by atoms with van der Waals surface area (Å²) < 4.78 is 5.40. The number of H-pyrrole nitrogens is 1. The third-order valence-electron chi connectivity index (χ3n) is 4.68. The molecular formula is C19H17ClN2O3S. The van der Waals surface area contributed by atoms with E-state index in [1.807, 2.05) is 5.38 Å². The van der Waals surface area contributed by atoms with E-state index in [-0.39, 0.29) is 18.1 Å². The van der Waals surface area contributed by atoms with Gasteiger partial charge in [-0.15, -0.1) is 11.3 Å². The number of aromatic amines is 1. The van der Waals surface area contributed by atoms with E-state index in [2.05, 4.69) is 16.9 Å². The van der Waals surface area contributed by atoms with Crippen molar-refractivity contribution in [2.75, 3.05) is 0 Å². The zero-order valence-corrected chi connectivity index (χ0v) is 15.7. The van der Waals surface area contributed by atoms with Gasteiger partial charge >= 0.3 is 5.97 Å². The molecule has 0 radical (unpaired) electrons. The number of halogens is 1. The minimum atomic E-state index is -0.370. The number of carbonyl (C=O) groups excluding carboxylic acids is 1. The average Bonchev–Trinajstić information content (AvgIpc) is 3.02. The quantitative estimate of drug-likeness (QED) is 0.685. The van der Waals surface area contributed by atoms with Gasteiger partial charge in [0.2, 0.25) is 0 Å². The lowest BCUT2D eigenvalue weighted by molar-refractivity contribution is 0.0461. The first-order chi connectivity index (χ1) is 12.5. The third-order valence-corrected chi connectivity index (χ3v) is 5.97. The number of thiophene rings is 1. The van der Waals surface area contributed by atoms with Crippen molar-refractivity contribution in [3.8, 4) is 0 Å². The number of hydrogen-bond acceptors (Lipinski definition) is 5. The molecule has 7 heteroatoms. The Kier molecular flexibility index (Phi) is 4.54. The van der Waals surface area contributed by atoms with Crippen LogP contribution < -0.4 is 5.56 Å². The fraction of sp³-hybridized carbons (Fsp3) is 0.316. The first-order valence-corrected chi connectivity index (χ1v) is 9.72. The minimum Gasteiger partial charge on any atom is -0.454 e. The molecule has 1 N–H and O–H groups in total. The number of fused-ring (bicyclic) bond motifs is 2. The normalized spacial score (nSPS) is 16.5. The van der Waals surface area contributed by atoms with Crippen LogP contribution in [-0.2, 0) is 24.2 Å². The van der Waals surface area contributed by atoms with Crippen molar-refractivity contribution >= 4 is 39.8 Å². The van der Waals surface area contributed by atoms with Gasteiger partial charge in [0.15, 0.2) is 0 Å². The predicted octanol–water partition coefficient (Wildman–Crippen LogP) is 4.12. The molecule has 1 aliphatic carbocycles. The molecule has 0 unspecified atom stereocenters. The molecule has 1 aliphatic rings. The maximum Gasteiger partial charge on any atom is 0.339 e. The van der Waals surface area contributed by atoms with Gasteiger partial charge in [-0.3, -0.25) is 4.79 Å². The largest absolute Gasteiger partial charge is 0.454 e. The zero-order valence-electron chi connectivity index (χ0n) is 14.2. The number of nitrogens with one attached hydrogen (secondary N) is 1. The van der Waals surface area contributed by atoms with Crippen LogP contribution in [0.25, 0.3) is 10.9 Å². The van der Waals surface area contributed by atoms with Crippen LogP contribution in [0.2, 0.25) is 5.02 Å². The molecule has 0 amide bonds. The molecule has 0 saturated heterocycles. The van der Waals surface area contributed by atoms with Gasteiger partial charge < -0.3 is 9.72 Å². The number of benzene rings is 1. The van der Waals surface area contributed by atoms with E-state index < -0.39 is 0 Å². The standard InChI is InChI=1S/C19H17ClN2O3S/c1-10-2-4-12-14(9-26-16(12)6-10)19(24)25-8-17-21-15-7-11(20)3-5-13(15)18(23)22-17/h3,5,7,9-10H,2,4,6,8H2,1H3,(H,21,22,23)/t10-/m1/s1. The fourth-order valence-electron chi connectivity index (χ4n) is 3.29. The molecule has 1 atom stereocenters. The van der Waals surface area contributed by atoms with E-state index in [0.717, 1.165) is 24.8 Å². The lowest BCUT2D eigenvalue weighted by Crippen LogP contribution is -2.16. The highest BCUT2D eigenvalue weighted by Crippen LogP contribution is 2.33. The van der Waals surface area contributed by atoms with E-state index in [1.165, 1.54) is 4.88 Å². The molecular weight excluding hydrogens is 372 g/mol. The van der Waals surface area contributed by atoms with Crippen molar-refractivity contribution in [1.82, 2.24) is 9.97 Å². The van der Waals surface area contributed by atoms with Crippen molar-refractivity contribution in [3.05, 3.63) is 60.8 Å². The predicted molar refractivity (Wildman–Crippen MR) is 102 cm³/mol. The number of aromatic nitrogens is 2. The van der Waals surface area contributed by atoms with Crippen LogP contribution in [0, 0.1) is 5.92 Å². The lowest BCUT2D eigenvalue weighted by atomic mass is 9.88. The molecule has 0 fully saturated rings. The Morgan fingerprint density at radius 1 is 1.46 bits per heavy atom. The van der Waals surface area contributed by atoms with Gasteiger partial charge in [0.05, 0.1) is 16.5 Å². The number of nitrogens with zero attached hydrogens (tertiary/aromatic N) is 1. The van der Waals surface area contributed by atoms with Crippen molar-refractivity contribution in [1.29, 1.82) is 0 Å². The molecule has 4 rings (SSSR count). The number of ether oxygens (including phenoxy) is 1. The van der Waals surface area contributed by atoms with Gasteiger partial charge in [0.1, 0.15) is 12.4 Å². The maximum absolute atomic E-state index is 12.5. The number of esters is 1. The van der Waals surface area contributed by atoms with E-state index in [0.29, 0.717) is 33.2 Å². The molecule has 134 valence electrons. The summed E-state index contributed by atoms with van der Waals surface area (Å²) in [4.78, 5) is 32.9. The van der Waals surface area contributed by atoms with Crippen LogP contribution in [0.5, 0.6) is 0 Å². The van der Waals surface area contributed by atoms with Crippen LogP contribution >= 0.6 is 22.9 Å². The topological polar surface area (TPSA) is 72.0 Å². The highest BCUT2D eigenvalue weighted by molar-refractivity contribution is 7.10. The second kappa shape index (κ2) is 6.85. The summed E-state index contributed by atoms with van der Waals surface area (Å²) in [7, 11) is 0. The van der Waals surface area contributed by atoms with Crippen LogP contribution in [-0.4, -0.2) is 15.9 Å². The zero-order chi connectivity index (χ0) is 18.3. The first kappa shape index (κ1) is 17.2. The number of hydrogen-bond donors (Lipinski definition) is 1. The second-order valence-electron chi connectivity index (χ2n) is 6.65. The lowest BCUT2D eigenvalue weighted by Gasteiger charge is -2.18. The third kappa shape index (κ3) is 3.27. The Hall–Kier alpha value is -2.18. The Bertz CT molecular complexity index is 1060. The maximum atomic E-state index is 12.5. The van der Waals surface area contributed by atoms with Crippen molar-refractivity contribution in [2.24, 2.45) is 5.92 Å². The summed E-state index contributed by atoms with van der Waals surface area (Å²) in [6.07, 6.45) is 3.02. The SMILES string of the molecule is C[C@@H]1CCc2c(C(=O)OCc3nc4cc(Cl)ccc4c(=O)[nH]3)csc2C1. The number of carbonyl (C=O) groups is 1. The van der Waals surface area contributed by atoms with Gasteiger partial charge in [-0.2, -0.15) is 0 Å². The van der Waals surface area contributed by atoms with Crippen LogP contribution in [0.4, 0.5) is 0 Å². The Balaban J connectivity index is 1.53. The molecule has 26 heavy (non-hydrogen) atoms. The molecule has 0 saturated carbocycles.